The molecule has 15 nitrogen and oxygen atoms in total. The van der Waals surface area contributed by atoms with E-state index in [2.05, 4.69) is 15.6 Å². The molecule has 0 unspecified atom stereocenters. The Kier molecular flexibility index (Phi) is 14.4. The quantitative estimate of drug-likeness (QED) is 0.0619. The number of fused-ring (bicyclic) bond motifs is 1. The van der Waals surface area contributed by atoms with Gasteiger partial charge in [0.25, 0.3) is 0 Å². The first-order valence-electron chi connectivity index (χ1n) is 18.1. The molecule has 3 aliphatic rings. The standard InChI is InChI=1S/C35H56N10O5/c36-17-7-6-14-25(31(47)43-26(30(38)46)20-22-10-2-1-3-11-22)42-32(48)28-16-9-19-44(28)34(50)29-21-23-12-4-5-15-27(23)45(29)33(49)24(37)13-8-18-41-35(39)40/h1-3,10-11,23-29H,4-9,12-21,36-37H2,(H2,38,46)(H,42,48)(H,43,47)(H4,39,40,41)/t23-,24+,25+,26-,27-,28-,29-/m0/s1. The molecule has 1 aliphatic carbocycles. The molecule has 3 fully saturated rings. The highest BCUT2D eigenvalue weighted by molar-refractivity contribution is 5.96. The Morgan fingerprint density at radius 1 is 0.860 bits per heavy atom. The highest BCUT2D eigenvalue weighted by Crippen LogP contribution is 2.41. The van der Waals surface area contributed by atoms with E-state index in [-0.39, 0.29) is 36.2 Å². The van der Waals surface area contributed by atoms with Crippen LogP contribution in [-0.4, -0.2) is 101 Å². The van der Waals surface area contributed by atoms with E-state index in [4.69, 9.17) is 28.7 Å². The minimum atomic E-state index is -0.976. The van der Waals surface area contributed by atoms with Crippen LogP contribution in [-0.2, 0) is 30.4 Å². The Bertz CT molecular complexity index is 1360. The third-order valence-corrected chi connectivity index (χ3v) is 10.3. The molecule has 1 aromatic rings. The van der Waals surface area contributed by atoms with Gasteiger partial charge in [-0.15, -0.1) is 0 Å². The number of nitrogens with one attached hydrogen (secondary N) is 2. The van der Waals surface area contributed by atoms with E-state index in [1.165, 1.54) is 0 Å². The van der Waals surface area contributed by atoms with Crippen molar-refractivity contribution in [2.45, 2.75) is 120 Å². The van der Waals surface area contributed by atoms with Gasteiger partial charge < -0.3 is 49.1 Å². The van der Waals surface area contributed by atoms with Crippen molar-refractivity contribution in [1.29, 1.82) is 0 Å². The van der Waals surface area contributed by atoms with Crippen molar-refractivity contribution in [3.8, 4) is 0 Å². The van der Waals surface area contributed by atoms with Crippen molar-refractivity contribution >= 4 is 35.5 Å². The SMILES string of the molecule is NCCCC[C@@H](NC(=O)[C@@H]1CCCN1C(=O)[C@@H]1C[C@@H]2CCCC[C@@H]2N1C(=O)[C@H](N)CCCN=C(N)N)C(=O)N[C@@H](Cc1ccccc1)C(N)=O. The number of carbonyl (C=O) groups is 5. The van der Waals surface area contributed by atoms with E-state index in [0.717, 1.165) is 31.2 Å². The second-order valence-corrected chi connectivity index (χ2v) is 13.9. The van der Waals surface area contributed by atoms with Gasteiger partial charge in [0, 0.05) is 25.6 Å². The molecule has 2 heterocycles. The smallest absolute Gasteiger partial charge is 0.246 e. The minimum absolute atomic E-state index is 0.0234. The monoisotopic (exact) mass is 696 g/mol. The number of unbranched alkanes of at least 4 members (excludes halogenated alkanes) is 1. The molecule has 7 atom stereocenters. The van der Waals surface area contributed by atoms with E-state index in [9.17, 15) is 24.0 Å². The number of nitrogens with zero attached hydrogens (tertiary/aromatic N) is 3. The minimum Gasteiger partial charge on any atom is -0.370 e. The Balaban J connectivity index is 1.46. The number of likely N-dealkylation sites (tertiary alicyclic amines) is 2. The Morgan fingerprint density at radius 2 is 1.60 bits per heavy atom. The molecule has 0 aromatic heterocycles. The molecule has 1 saturated carbocycles. The van der Waals surface area contributed by atoms with Crippen LogP contribution in [0.15, 0.2) is 35.3 Å². The second-order valence-electron chi connectivity index (χ2n) is 13.9. The fraction of sp³-hybridized carbons (Fsp3) is 0.657. The van der Waals surface area contributed by atoms with Gasteiger partial charge in [-0.1, -0.05) is 43.2 Å². The number of benzene rings is 1. The summed E-state index contributed by atoms with van der Waals surface area (Å²) >= 11 is 0. The maximum Gasteiger partial charge on any atom is 0.246 e. The van der Waals surface area contributed by atoms with Gasteiger partial charge in [-0.3, -0.25) is 29.0 Å². The molecular formula is C35H56N10O5. The summed E-state index contributed by atoms with van der Waals surface area (Å²) in [6.45, 7) is 1.13. The molecule has 2 saturated heterocycles. The number of amides is 5. The molecule has 12 N–H and O–H groups in total. The Labute approximate surface area is 294 Å². The number of aliphatic imine (C=N–C) groups is 1. The van der Waals surface area contributed by atoms with Gasteiger partial charge in [0.1, 0.15) is 24.2 Å². The van der Waals surface area contributed by atoms with Crippen molar-refractivity contribution in [3.63, 3.8) is 0 Å². The van der Waals surface area contributed by atoms with Crippen LogP contribution in [0.5, 0.6) is 0 Å². The molecule has 1 aromatic carbocycles. The number of hydrogen-bond donors (Lipinski definition) is 7. The lowest BCUT2D eigenvalue weighted by molar-refractivity contribution is -0.149. The van der Waals surface area contributed by atoms with Crippen LogP contribution < -0.4 is 39.3 Å². The van der Waals surface area contributed by atoms with Crippen molar-refractivity contribution in [2.75, 3.05) is 19.6 Å². The average Bonchev–Trinajstić information content (AvgIpc) is 3.75. The van der Waals surface area contributed by atoms with Crippen molar-refractivity contribution in [3.05, 3.63) is 35.9 Å². The lowest BCUT2D eigenvalue weighted by atomic mass is 9.84. The molecule has 2 aliphatic heterocycles. The third-order valence-electron chi connectivity index (χ3n) is 10.3. The predicted molar refractivity (Wildman–Crippen MR) is 190 cm³/mol. The second kappa shape index (κ2) is 18.7. The first-order chi connectivity index (χ1) is 24.0. The van der Waals surface area contributed by atoms with Crippen molar-refractivity contribution in [1.82, 2.24) is 20.4 Å². The summed E-state index contributed by atoms with van der Waals surface area (Å²) in [6.07, 6.45) is 7.89. The van der Waals surface area contributed by atoms with Crippen LogP contribution in [0, 0.1) is 5.92 Å². The molecule has 276 valence electrons. The molecular weight excluding hydrogens is 640 g/mol. The van der Waals surface area contributed by atoms with Gasteiger partial charge in [-0.2, -0.15) is 0 Å². The predicted octanol–water partition coefficient (Wildman–Crippen LogP) is -0.655. The summed E-state index contributed by atoms with van der Waals surface area (Å²) in [4.78, 5) is 75.2. The highest BCUT2D eigenvalue weighted by atomic mass is 16.2. The largest absolute Gasteiger partial charge is 0.370 e. The number of carbonyl (C=O) groups excluding carboxylic acids is 5. The van der Waals surface area contributed by atoms with Gasteiger partial charge in [0.15, 0.2) is 5.96 Å². The number of nitrogens with two attached hydrogens (primary N) is 5. The molecule has 0 radical (unpaired) electrons. The van der Waals surface area contributed by atoms with Crippen molar-refractivity contribution < 1.29 is 24.0 Å². The number of guanidine groups is 1. The summed E-state index contributed by atoms with van der Waals surface area (Å²) in [5.74, 6) is -2.03. The number of hydrogen-bond acceptors (Lipinski definition) is 8. The molecule has 4 rings (SSSR count). The topological polar surface area (TPSA) is 258 Å². The fourth-order valence-corrected chi connectivity index (χ4v) is 7.70. The van der Waals surface area contributed by atoms with Gasteiger partial charge >= 0.3 is 0 Å². The first kappa shape index (κ1) is 38.6. The van der Waals surface area contributed by atoms with Crippen LogP contribution in [0.3, 0.4) is 0 Å². The van der Waals surface area contributed by atoms with Crippen LogP contribution in [0.2, 0.25) is 0 Å². The van der Waals surface area contributed by atoms with Crippen LogP contribution in [0.1, 0.15) is 82.6 Å². The van der Waals surface area contributed by atoms with Gasteiger partial charge in [0.05, 0.1) is 6.04 Å². The summed E-state index contributed by atoms with van der Waals surface area (Å²) in [7, 11) is 0. The van der Waals surface area contributed by atoms with Gasteiger partial charge in [-0.25, -0.2) is 0 Å². The summed E-state index contributed by atoms with van der Waals surface area (Å²) in [6, 6.07) is 4.84. The molecule has 15 heteroatoms. The third kappa shape index (κ3) is 10.2. The van der Waals surface area contributed by atoms with Crippen LogP contribution in [0.4, 0.5) is 0 Å². The molecule has 0 bridgehead atoms. The summed E-state index contributed by atoms with van der Waals surface area (Å²) in [5, 5.41) is 5.61. The molecule has 0 spiro atoms. The zero-order valence-electron chi connectivity index (χ0n) is 29.0. The lowest BCUT2D eigenvalue weighted by Crippen LogP contribution is -2.59. The Morgan fingerprint density at radius 3 is 2.30 bits per heavy atom. The van der Waals surface area contributed by atoms with Crippen molar-refractivity contribution in [2.24, 2.45) is 39.6 Å². The van der Waals surface area contributed by atoms with E-state index in [1.807, 2.05) is 30.3 Å². The fourth-order valence-electron chi connectivity index (χ4n) is 7.70. The first-order valence-corrected chi connectivity index (χ1v) is 18.1. The zero-order chi connectivity index (χ0) is 36.2. The van der Waals surface area contributed by atoms with E-state index >= 15 is 0 Å². The normalized spacial score (nSPS) is 23.3. The van der Waals surface area contributed by atoms with E-state index in [1.54, 1.807) is 9.80 Å². The van der Waals surface area contributed by atoms with E-state index in [0.29, 0.717) is 71.0 Å². The number of rotatable bonds is 17. The molecule has 50 heavy (non-hydrogen) atoms. The molecule has 5 amide bonds. The Hall–Kier alpha value is -4.24. The van der Waals surface area contributed by atoms with E-state index < -0.39 is 47.9 Å². The zero-order valence-corrected chi connectivity index (χ0v) is 29.0. The highest BCUT2D eigenvalue weighted by Gasteiger charge is 2.51. The summed E-state index contributed by atoms with van der Waals surface area (Å²) < 4.78 is 0. The van der Waals surface area contributed by atoms with Crippen LogP contribution >= 0.6 is 0 Å². The maximum absolute atomic E-state index is 14.3. The maximum atomic E-state index is 14.3. The van der Waals surface area contributed by atoms with Gasteiger partial charge in [-0.05, 0) is 82.2 Å². The summed E-state index contributed by atoms with van der Waals surface area (Å²) in [5.41, 5.74) is 29.4. The van der Waals surface area contributed by atoms with Crippen LogP contribution in [0.25, 0.3) is 0 Å². The number of primary amides is 1. The average molecular weight is 697 g/mol. The van der Waals surface area contributed by atoms with Gasteiger partial charge in [0.2, 0.25) is 29.5 Å². The lowest BCUT2D eigenvalue weighted by Gasteiger charge is -2.37.